The summed E-state index contributed by atoms with van der Waals surface area (Å²) in [5, 5.41) is 0. The van der Waals surface area contributed by atoms with Gasteiger partial charge in [-0.3, -0.25) is 4.57 Å². The van der Waals surface area contributed by atoms with E-state index < -0.39 is 0 Å². The lowest BCUT2D eigenvalue weighted by Gasteiger charge is -2.01. The Morgan fingerprint density at radius 1 is 1.46 bits per heavy atom. The zero-order chi connectivity index (χ0) is 9.68. The molecule has 1 aromatic rings. The van der Waals surface area contributed by atoms with Crippen molar-refractivity contribution < 1.29 is 4.74 Å². The van der Waals surface area contributed by atoms with Crippen LogP contribution >= 0.6 is 12.6 Å². The molecule has 0 spiro atoms. The lowest BCUT2D eigenvalue weighted by Crippen LogP contribution is -2.23. The molecular weight excluding hydrogens is 188 g/mol. The van der Waals surface area contributed by atoms with Crippen LogP contribution in [0.15, 0.2) is 17.2 Å². The number of rotatable bonds is 5. The van der Waals surface area contributed by atoms with Gasteiger partial charge in [0.15, 0.2) is 0 Å². The van der Waals surface area contributed by atoms with Gasteiger partial charge in [-0.25, -0.2) is 4.79 Å². The molecule has 74 valence electrons. The van der Waals surface area contributed by atoms with Crippen LogP contribution in [-0.2, 0) is 18.3 Å². The van der Waals surface area contributed by atoms with Crippen molar-refractivity contribution in [3.05, 3.63) is 22.9 Å². The lowest BCUT2D eigenvalue weighted by atomic mass is 10.6. The third-order valence-corrected chi connectivity index (χ3v) is 1.91. The van der Waals surface area contributed by atoms with Crippen LogP contribution in [0.1, 0.15) is 0 Å². The molecule has 1 heterocycles. The van der Waals surface area contributed by atoms with Crippen LogP contribution in [0, 0.1) is 0 Å². The highest BCUT2D eigenvalue weighted by molar-refractivity contribution is 7.80. The first-order chi connectivity index (χ1) is 6.25. The van der Waals surface area contributed by atoms with Crippen molar-refractivity contribution in [1.29, 1.82) is 0 Å². The number of hydrogen-bond donors (Lipinski definition) is 1. The van der Waals surface area contributed by atoms with E-state index in [0.717, 1.165) is 0 Å². The van der Waals surface area contributed by atoms with E-state index in [2.05, 4.69) is 12.6 Å². The maximum absolute atomic E-state index is 11.3. The van der Waals surface area contributed by atoms with Gasteiger partial charge in [0.1, 0.15) is 0 Å². The van der Waals surface area contributed by atoms with Crippen LogP contribution in [0.25, 0.3) is 0 Å². The van der Waals surface area contributed by atoms with Gasteiger partial charge in [-0.15, -0.1) is 0 Å². The Labute approximate surface area is 82.5 Å². The topological polar surface area (TPSA) is 36.2 Å². The SMILES string of the molecule is Cn1ccn(CCOCCS)c1=O. The maximum Gasteiger partial charge on any atom is 0.327 e. The van der Waals surface area contributed by atoms with Crippen LogP contribution in [-0.4, -0.2) is 28.1 Å². The Morgan fingerprint density at radius 2 is 2.23 bits per heavy atom. The van der Waals surface area contributed by atoms with E-state index in [0.29, 0.717) is 25.5 Å². The van der Waals surface area contributed by atoms with Gasteiger partial charge in [-0.1, -0.05) is 0 Å². The van der Waals surface area contributed by atoms with E-state index in [1.807, 2.05) is 0 Å². The molecule has 0 unspecified atom stereocenters. The lowest BCUT2D eigenvalue weighted by molar-refractivity contribution is 0.140. The minimum Gasteiger partial charge on any atom is -0.379 e. The zero-order valence-corrected chi connectivity index (χ0v) is 8.54. The molecule has 0 aliphatic heterocycles. The molecule has 0 saturated carbocycles. The van der Waals surface area contributed by atoms with E-state index in [1.165, 1.54) is 0 Å². The summed E-state index contributed by atoms with van der Waals surface area (Å²) in [6.07, 6.45) is 3.49. The van der Waals surface area contributed by atoms with Crippen LogP contribution in [0.5, 0.6) is 0 Å². The summed E-state index contributed by atoms with van der Waals surface area (Å²) in [5.74, 6) is 0.712. The number of aryl methyl sites for hydroxylation is 1. The molecule has 1 aromatic heterocycles. The molecule has 0 fully saturated rings. The van der Waals surface area contributed by atoms with Crippen molar-refractivity contribution in [2.45, 2.75) is 6.54 Å². The minimum atomic E-state index is -0.00512. The Hall–Kier alpha value is -0.680. The molecule has 0 radical (unpaired) electrons. The molecule has 4 nitrogen and oxygen atoms in total. The molecule has 0 bridgehead atoms. The highest BCUT2D eigenvalue weighted by Gasteiger charge is 1.97. The second kappa shape index (κ2) is 5.14. The van der Waals surface area contributed by atoms with Gasteiger partial charge in [0.2, 0.25) is 0 Å². The molecule has 0 atom stereocenters. The van der Waals surface area contributed by atoms with Gasteiger partial charge in [0, 0.05) is 25.2 Å². The summed E-state index contributed by atoms with van der Waals surface area (Å²) < 4.78 is 8.37. The number of aromatic nitrogens is 2. The van der Waals surface area contributed by atoms with Gasteiger partial charge >= 0.3 is 5.69 Å². The summed E-state index contributed by atoms with van der Waals surface area (Å²) in [6, 6.07) is 0. The molecular formula is C8H14N2O2S. The molecule has 0 saturated heterocycles. The Balaban J connectivity index is 2.37. The fourth-order valence-electron chi connectivity index (χ4n) is 1.01. The van der Waals surface area contributed by atoms with Gasteiger partial charge in [-0.05, 0) is 0 Å². The summed E-state index contributed by atoms with van der Waals surface area (Å²) in [6.45, 7) is 1.79. The van der Waals surface area contributed by atoms with E-state index in [1.54, 1.807) is 28.6 Å². The average molecular weight is 202 g/mol. The second-order valence-electron chi connectivity index (χ2n) is 2.72. The van der Waals surface area contributed by atoms with Gasteiger partial charge in [0.05, 0.1) is 19.8 Å². The van der Waals surface area contributed by atoms with Crippen LogP contribution in [0.3, 0.4) is 0 Å². The molecule has 0 N–H and O–H groups in total. The largest absolute Gasteiger partial charge is 0.379 e. The summed E-state index contributed by atoms with van der Waals surface area (Å²) in [7, 11) is 1.73. The minimum absolute atomic E-state index is 0.00512. The second-order valence-corrected chi connectivity index (χ2v) is 3.17. The smallest absolute Gasteiger partial charge is 0.327 e. The molecule has 0 aromatic carbocycles. The fraction of sp³-hybridized carbons (Fsp3) is 0.625. The summed E-state index contributed by atoms with van der Waals surface area (Å²) in [5.41, 5.74) is -0.00512. The average Bonchev–Trinajstić information content (AvgIpc) is 2.43. The number of hydrogen-bond acceptors (Lipinski definition) is 3. The Bertz CT molecular complexity index is 305. The molecule has 1 rings (SSSR count). The van der Waals surface area contributed by atoms with Crippen LogP contribution in [0.2, 0.25) is 0 Å². The van der Waals surface area contributed by atoms with Crippen molar-refractivity contribution in [3.8, 4) is 0 Å². The molecule has 0 amide bonds. The van der Waals surface area contributed by atoms with Crippen molar-refractivity contribution in [2.75, 3.05) is 19.0 Å². The fourth-order valence-corrected chi connectivity index (χ4v) is 1.14. The Morgan fingerprint density at radius 3 is 2.77 bits per heavy atom. The van der Waals surface area contributed by atoms with E-state index in [9.17, 15) is 4.79 Å². The molecule has 13 heavy (non-hydrogen) atoms. The zero-order valence-electron chi connectivity index (χ0n) is 7.64. The maximum atomic E-state index is 11.3. The van der Waals surface area contributed by atoms with E-state index in [4.69, 9.17) is 4.74 Å². The summed E-state index contributed by atoms with van der Waals surface area (Å²) >= 11 is 4.01. The molecule has 0 aliphatic rings. The quantitative estimate of drug-likeness (QED) is 0.544. The van der Waals surface area contributed by atoms with Gasteiger partial charge in [-0.2, -0.15) is 12.6 Å². The van der Waals surface area contributed by atoms with Crippen molar-refractivity contribution in [2.24, 2.45) is 7.05 Å². The number of imidazole rings is 1. The number of thiol groups is 1. The highest BCUT2D eigenvalue weighted by Crippen LogP contribution is 1.84. The first kappa shape index (κ1) is 10.4. The standard InChI is InChI=1S/C8H14N2O2S/c1-9-2-3-10(8(9)11)4-5-12-6-7-13/h2-3,13H,4-7H2,1H3. The predicted molar refractivity (Wildman–Crippen MR) is 54.3 cm³/mol. The first-order valence-corrected chi connectivity index (χ1v) is 4.79. The van der Waals surface area contributed by atoms with Crippen LogP contribution in [0.4, 0.5) is 0 Å². The van der Waals surface area contributed by atoms with Crippen molar-refractivity contribution >= 4 is 12.6 Å². The molecule has 0 aliphatic carbocycles. The third-order valence-electron chi connectivity index (χ3n) is 1.73. The number of ether oxygens (including phenoxy) is 1. The summed E-state index contributed by atoms with van der Waals surface area (Å²) in [4.78, 5) is 11.3. The highest BCUT2D eigenvalue weighted by atomic mass is 32.1. The monoisotopic (exact) mass is 202 g/mol. The van der Waals surface area contributed by atoms with Crippen LogP contribution < -0.4 is 5.69 Å². The Kier molecular flexibility index (Phi) is 4.11. The predicted octanol–water partition coefficient (Wildman–Crippen LogP) is 0.133. The third kappa shape index (κ3) is 2.93. The van der Waals surface area contributed by atoms with Crippen molar-refractivity contribution in [3.63, 3.8) is 0 Å². The van der Waals surface area contributed by atoms with E-state index in [-0.39, 0.29) is 5.69 Å². The molecule has 5 heteroatoms. The van der Waals surface area contributed by atoms with Crippen molar-refractivity contribution in [1.82, 2.24) is 9.13 Å². The van der Waals surface area contributed by atoms with Gasteiger partial charge < -0.3 is 9.30 Å². The first-order valence-electron chi connectivity index (χ1n) is 4.16. The van der Waals surface area contributed by atoms with Gasteiger partial charge in [0.25, 0.3) is 0 Å². The normalized spacial score (nSPS) is 10.6. The van der Waals surface area contributed by atoms with E-state index >= 15 is 0 Å². The number of nitrogens with zero attached hydrogens (tertiary/aromatic N) is 2.